The molecule has 3 aromatic heterocycles. The highest BCUT2D eigenvalue weighted by Crippen LogP contribution is 2.26. The number of thiophene rings is 1. The van der Waals surface area contributed by atoms with Gasteiger partial charge < -0.3 is 0 Å². The van der Waals surface area contributed by atoms with Crippen molar-refractivity contribution in [3.63, 3.8) is 0 Å². The van der Waals surface area contributed by atoms with Gasteiger partial charge in [-0.1, -0.05) is 41.1 Å². The van der Waals surface area contributed by atoms with Gasteiger partial charge in [0, 0.05) is 11.4 Å². The highest BCUT2D eigenvalue weighted by atomic mass is 35.5. The minimum Gasteiger partial charge on any atom is -0.182 e. The number of hydrogen-bond acceptors (Lipinski definition) is 5. The summed E-state index contributed by atoms with van der Waals surface area (Å²) in [6, 6.07) is 11.9. The van der Waals surface area contributed by atoms with Gasteiger partial charge >= 0.3 is 0 Å². The molecule has 0 aliphatic rings. The Morgan fingerprint density at radius 3 is 2.71 bits per heavy atom. The zero-order chi connectivity index (χ0) is 14.2. The van der Waals surface area contributed by atoms with E-state index in [1.165, 1.54) is 5.56 Å². The Hall–Kier alpha value is -1.76. The van der Waals surface area contributed by atoms with Crippen LogP contribution in [-0.4, -0.2) is 19.8 Å². The minimum atomic E-state index is 0.747. The molecule has 0 bridgehead atoms. The monoisotopic (exact) mass is 332 g/mol. The van der Waals surface area contributed by atoms with E-state index in [-0.39, 0.29) is 0 Å². The maximum absolute atomic E-state index is 5.91. The van der Waals surface area contributed by atoms with Crippen molar-refractivity contribution in [3.8, 4) is 10.7 Å². The molecule has 0 fully saturated rings. The largest absolute Gasteiger partial charge is 0.235 e. The molecule has 4 rings (SSSR count). The summed E-state index contributed by atoms with van der Waals surface area (Å²) in [5, 5.41) is 16.8. The predicted molar refractivity (Wildman–Crippen MR) is 86.2 cm³/mol. The smallest absolute Gasteiger partial charge is 0.182 e. The molecule has 1 aromatic carbocycles. The Kier molecular flexibility index (Phi) is 3.21. The van der Waals surface area contributed by atoms with E-state index in [1.54, 1.807) is 22.7 Å². The molecule has 0 aliphatic heterocycles. The first-order valence-electron chi connectivity index (χ1n) is 6.29. The lowest BCUT2D eigenvalue weighted by molar-refractivity contribution is 0.920. The van der Waals surface area contributed by atoms with Gasteiger partial charge in [-0.25, -0.2) is 0 Å². The molecule has 4 aromatic rings. The fraction of sp³-hybridized carbons (Fsp3) is 0.0714. The maximum Gasteiger partial charge on any atom is 0.235 e. The van der Waals surface area contributed by atoms with E-state index in [9.17, 15) is 0 Å². The summed E-state index contributed by atoms with van der Waals surface area (Å²) in [6.45, 7) is 0. The van der Waals surface area contributed by atoms with Crippen molar-refractivity contribution in [1.82, 2.24) is 19.8 Å². The van der Waals surface area contributed by atoms with Crippen LogP contribution >= 0.6 is 34.3 Å². The van der Waals surface area contributed by atoms with Crippen LogP contribution in [-0.2, 0) is 6.42 Å². The van der Waals surface area contributed by atoms with Crippen molar-refractivity contribution in [1.29, 1.82) is 0 Å². The summed E-state index contributed by atoms with van der Waals surface area (Å²) in [4.78, 5) is 1.90. The third kappa shape index (κ3) is 2.46. The van der Waals surface area contributed by atoms with Gasteiger partial charge in [0.25, 0.3) is 0 Å². The van der Waals surface area contributed by atoms with E-state index in [0.717, 1.165) is 32.1 Å². The zero-order valence-corrected chi connectivity index (χ0v) is 13.1. The van der Waals surface area contributed by atoms with Gasteiger partial charge in [-0.15, -0.1) is 21.5 Å². The van der Waals surface area contributed by atoms with E-state index < -0.39 is 0 Å². The second kappa shape index (κ2) is 5.22. The predicted octanol–water partition coefficient (Wildman–Crippen LogP) is 4.16. The molecule has 7 heteroatoms. The molecule has 0 radical (unpaired) electrons. The summed E-state index contributed by atoms with van der Waals surface area (Å²) in [6.07, 6.45) is 0.773. The number of rotatable bonds is 3. The number of nitrogens with zero attached hydrogens (tertiary/aromatic N) is 4. The second-order valence-corrected chi connectivity index (χ2v) is 6.92. The molecule has 21 heavy (non-hydrogen) atoms. The van der Waals surface area contributed by atoms with Crippen LogP contribution < -0.4 is 0 Å². The van der Waals surface area contributed by atoms with Gasteiger partial charge in [0.05, 0.1) is 4.88 Å². The average Bonchev–Trinajstić information content (AvgIpc) is 3.17. The van der Waals surface area contributed by atoms with Crippen molar-refractivity contribution in [3.05, 3.63) is 57.4 Å². The zero-order valence-electron chi connectivity index (χ0n) is 10.7. The molecule has 0 aliphatic carbocycles. The lowest BCUT2D eigenvalue weighted by Gasteiger charge is -1.97. The van der Waals surface area contributed by atoms with Crippen LogP contribution in [0.2, 0.25) is 5.02 Å². The summed E-state index contributed by atoms with van der Waals surface area (Å²) >= 11 is 9.11. The second-order valence-electron chi connectivity index (χ2n) is 4.49. The van der Waals surface area contributed by atoms with Crippen LogP contribution in [0.3, 0.4) is 0 Å². The van der Waals surface area contributed by atoms with Gasteiger partial charge in [0.1, 0.15) is 5.01 Å². The number of benzene rings is 1. The van der Waals surface area contributed by atoms with E-state index >= 15 is 0 Å². The number of fused-ring (bicyclic) bond motifs is 1. The molecule has 4 nitrogen and oxygen atoms in total. The first-order valence-corrected chi connectivity index (χ1v) is 8.36. The van der Waals surface area contributed by atoms with Crippen LogP contribution in [0.1, 0.15) is 10.6 Å². The van der Waals surface area contributed by atoms with Crippen molar-refractivity contribution in [2.75, 3.05) is 0 Å². The molecule has 0 N–H and O–H groups in total. The first-order chi connectivity index (χ1) is 10.3. The van der Waals surface area contributed by atoms with E-state index in [4.69, 9.17) is 11.6 Å². The molecule has 0 unspecified atom stereocenters. The molecular formula is C14H9ClN4S2. The fourth-order valence-corrected chi connectivity index (χ4v) is 3.75. The quantitative estimate of drug-likeness (QED) is 0.566. The molecule has 0 spiro atoms. The molecule has 0 atom stereocenters. The standard InChI is InChI=1S/C14H9ClN4S2/c15-10-5-3-9(4-6-10)8-12-18-19-13(11-2-1-7-20-11)16-17-14(19)21-12/h1-7H,8H2. The summed E-state index contributed by atoms with van der Waals surface area (Å²) < 4.78 is 1.82. The van der Waals surface area contributed by atoms with Gasteiger partial charge in [-0.05, 0) is 29.1 Å². The SMILES string of the molecule is Clc1ccc(Cc2nn3c(-c4cccs4)nnc3s2)cc1. The van der Waals surface area contributed by atoms with Crippen molar-refractivity contribution in [2.45, 2.75) is 6.42 Å². The molecule has 3 heterocycles. The van der Waals surface area contributed by atoms with E-state index in [2.05, 4.69) is 15.3 Å². The number of aromatic nitrogens is 4. The van der Waals surface area contributed by atoms with Gasteiger partial charge in [0.2, 0.25) is 4.96 Å². The topological polar surface area (TPSA) is 43.1 Å². The average molecular weight is 333 g/mol. The number of halogens is 1. The highest BCUT2D eigenvalue weighted by molar-refractivity contribution is 7.16. The summed E-state index contributed by atoms with van der Waals surface area (Å²) in [5.74, 6) is 0.804. The molecule has 0 saturated heterocycles. The molecule has 104 valence electrons. The summed E-state index contributed by atoms with van der Waals surface area (Å²) in [7, 11) is 0. The van der Waals surface area contributed by atoms with E-state index in [1.807, 2.05) is 46.3 Å². The molecule has 0 saturated carbocycles. The highest BCUT2D eigenvalue weighted by Gasteiger charge is 2.14. The first kappa shape index (κ1) is 12.9. The lowest BCUT2D eigenvalue weighted by atomic mass is 10.2. The van der Waals surface area contributed by atoms with Crippen molar-refractivity contribution in [2.24, 2.45) is 0 Å². The Balaban J connectivity index is 1.69. The summed E-state index contributed by atoms with van der Waals surface area (Å²) in [5.41, 5.74) is 1.18. The van der Waals surface area contributed by atoms with Crippen LogP contribution in [0.4, 0.5) is 0 Å². The van der Waals surface area contributed by atoms with E-state index in [0.29, 0.717) is 0 Å². The Morgan fingerprint density at radius 2 is 1.95 bits per heavy atom. The normalized spacial score (nSPS) is 11.3. The third-order valence-electron chi connectivity index (χ3n) is 3.04. The van der Waals surface area contributed by atoms with Crippen LogP contribution in [0.15, 0.2) is 41.8 Å². The molecule has 0 amide bonds. The molecular weight excluding hydrogens is 324 g/mol. The number of hydrogen-bond donors (Lipinski definition) is 0. The van der Waals surface area contributed by atoms with Gasteiger partial charge in [-0.3, -0.25) is 0 Å². The fourth-order valence-electron chi connectivity index (χ4n) is 2.06. The maximum atomic E-state index is 5.91. The van der Waals surface area contributed by atoms with Crippen LogP contribution in [0, 0.1) is 0 Å². The minimum absolute atomic E-state index is 0.747. The Morgan fingerprint density at radius 1 is 1.10 bits per heavy atom. The Labute approximate surface area is 133 Å². The van der Waals surface area contributed by atoms with Gasteiger partial charge in [0.15, 0.2) is 5.82 Å². The van der Waals surface area contributed by atoms with Gasteiger partial charge in [-0.2, -0.15) is 9.61 Å². The van der Waals surface area contributed by atoms with Crippen molar-refractivity contribution >= 4 is 39.2 Å². The third-order valence-corrected chi connectivity index (χ3v) is 5.06. The Bertz CT molecular complexity index is 878. The van der Waals surface area contributed by atoms with Crippen LogP contribution in [0.5, 0.6) is 0 Å². The van der Waals surface area contributed by atoms with Crippen molar-refractivity contribution < 1.29 is 0 Å². The lowest BCUT2D eigenvalue weighted by Crippen LogP contribution is -1.92. The van der Waals surface area contributed by atoms with Crippen LogP contribution in [0.25, 0.3) is 15.7 Å².